The third-order valence-corrected chi connectivity index (χ3v) is 3.01. The Kier molecular flexibility index (Phi) is 4.98. The molecule has 3 nitrogen and oxygen atoms in total. The maximum atomic E-state index is 13.7. The van der Waals surface area contributed by atoms with E-state index in [9.17, 15) is 4.39 Å². The van der Waals surface area contributed by atoms with Crippen molar-refractivity contribution in [1.82, 2.24) is 5.32 Å². The molecule has 0 aliphatic rings. The number of anilines is 1. The van der Waals surface area contributed by atoms with E-state index >= 15 is 0 Å². The third-order valence-electron chi connectivity index (χ3n) is 3.01. The van der Waals surface area contributed by atoms with Gasteiger partial charge in [0.25, 0.3) is 0 Å². The van der Waals surface area contributed by atoms with Crippen LogP contribution in [0.25, 0.3) is 0 Å². The van der Waals surface area contributed by atoms with Gasteiger partial charge in [0, 0.05) is 19.6 Å². The van der Waals surface area contributed by atoms with E-state index in [1.165, 1.54) is 6.07 Å². The highest BCUT2D eigenvalue weighted by molar-refractivity contribution is 5.47. The Labute approximate surface area is 113 Å². The molecular weight excluding hydrogens is 243 g/mol. The minimum atomic E-state index is -0.171. The van der Waals surface area contributed by atoms with Gasteiger partial charge in [-0.25, -0.2) is 4.39 Å². The van der Waals surface area contributed by atoms with Crippen LogP contribution >= 0.6 is 0 Å². The first-order valence-corrected chi connectivity index (χ1v) is 6.54. The highest BCUT2D eigenvalue weighted by Crippen LogP contribution is 2.17. The quantitative estimate of drug-likeness (QED) is 0.777. The van der Waals surface area contributed by atoms with Crippen molar-refractivity contribution < 1.29 is 8.81 Å². The maximum Gasteiger partial charge on any atom is 0.146 e. The standard InChI is InChI=1S/C15H19FN2O/c1-2-18(15-8-4-3-7-14(15)16)10-9-17-12-13-6-5-11-19-13/h3-8,11,17H,2,9-10,12H2,1H3. The molecule has 2 rings (SSSR count). The number of hydrogen-bond donors (Lipinski definition) is 1. The fourth-order valence-corrected chi connectivity index (χ4v) is 2.00. The molecule has 0 atom stereocenters. The summed E-state index contributed by atoms with van der Waals surface area (Å²) in [4.78, 5) is 2.02. The van der Waals surface area contributed by atoms with Crippen molar-refractivity contribution in [3.63, 3.8) is 0 Å². The van der Waals surface area contributed by atoms with Crippen molar-refractivity contribution in [2.24, 2.45) is 0 Å². The second-order valence-electron chi connectivity index (χ2n) is 4.29. The molecule has 0 fully saturated rings. The van der Waals surface area contributed by atoms with Crippen LogP contribution in [0.5, 0.6) is 0 Å². The van der Waals surface area contributed by atoms with Crippen molar-refractivity contribution >= 4 is 5.69 Å². The molecule has 0 radical (unpaired) electrons. The molecule has 0 aliphatic carbocycles. The van der Waals surface area contributed by atoms with Crippen LogP contribution in [0.1, 0.15) is 12.7 Å². The smallest absolute Gasteiger partial charge is 0.146 e. The van der Waals surface area contributed by atoms with Crippen molar-refractivity contribution in [2.45, 2.75) is 13.5 Å². The zero-order valence-electron chi connectivity index (χ0n) is 11.1. The van der Waals surface area contributed by atoms with Gasteiger partial charge in [-0.15, -0.1) is 0 Å². The van der Waals surface area contributed by atoms with Gasteiger partial charge in [0.2, 0.25) is 0 Å². The average Bonchev–Trinajstić information content (AvgIpc) is 2.93. The van der Waals surface area contributed by atoms with Crippen LogP contribution in [-0.4, -0.2) is 19.6 Å². The summed E-state index contributed by atoms with van der Waals surface area (Å²) in [6, 6.07) is 10.7. The molecule has 2 aromatic rings. The summed E-state index contributed by atoms with van der Waals surface area (Å²) in [5.41, 5.74) is 0.657. The van der Waals surface area contributed by atoms with E-state index in [1.807, 2.05) is 36.1 Å². The molecule has 0 saturated heterocycles. The fraction of sp³-hybridized carbons (Fsp3) is 0.333. The summed E-state index contributed by atoms with van der Waals surface area (Å²) in [5, 5.41) is 3.28. The first-order chi connectivity index (χ1) is 9.31. The van der Waals surface area contributed by atoms with E-state index in [4.69, 9.17) is 4.42 Å². The van der Waals surface area contributed by atoms with Crippen LogP contribution in [-0.2, 0) is 6.54 Å². The third kappa shape index (κ3) is 3.83. The molecule has 0 unspecified atom stereocenters. The van der Waals surface area contributed by atoms with Gasteiger partial charge in [0.15, 0.2) is 0 Å². The molecule has 102 valence electrons. The summed E-state index contributed by atoms with van der Waals surface area (Å²) >= 11 is 0. The zero-order chi connectivity index (χ0) is 13.5. The summed E-state index contributed by atoms with van der Waals surface area (Å²) in [7, 11) is 0. The SMILES string of the molecule is CCN(CCNCc1ccco1)c1ccccc1F. The minimum absolute atomic E-state index is 0.171. The second kappa shape index (κ2) is 6.95. The molecule has 1 heterocycles. The van der Waals surface area contributed by atoms with Gasteiger partial charge in [-0.1, -0.05) is 12.1 Å². The molecule has 1 N–H and O–H groups in total. The lowest BCUT2D eigenvalue weighted by atomic mass is 10.2. The highest BCUT2D eigenvalue weighted by atomic mass is 19.1. The Hall–Kier alpha value is -1.81. The van der Waals surface area contributed by atoms with Crippen LogP contribution in [0.2, 0.25) is 0 Å². The van der Waals surface area contributed by atoms with Crippen molar-refractivity contribution in [2.75, 3.05) is 24.5 Å². The normalized spacial score (nSPS) is 10.6. The summed E-state index contributed by atoms with van der Waals surface area (Å²) in [6.45, 7) is 5.05. The molecule has 0 saturated carbocycles. The Morgan fingerprint density at radius 3 is 2.74 bits per heavy atom. The van der Waals surface area contributed by atoms with Crippen molar-refractivity contribution in [3.8, 4) is 0 Å². The molecule has 1 aromatic heterocycles. The van der Waals surface area contributed by atoms with E-state index in [1.54, 1.807) is 12.3 Å². The van der Waals surface area contributed by atoms with Gasteiger partial charge in [-0.05, 0) is 31.2 Å². The van der Waals surface area contributed by atoms with Gasteiger partial charge in [0.05, 0.1) is 18.5 Å². The van der Waals surface area contributed by atoms with Crippen LogP contribution in [0.4, 0.5) is 10.1 Å². The lowest BCUT2D eigenvalue weighted by Gasteiger charge is -2.23. The van der Waals surface area contributed by atoms with E-state index < -0.39 is 0 Å². The van der Waals surface area contributed by atoms with Crippen molar-refractivity contribution in [3.05, 3.63) is 54.2 Å². The minimum Gasteiger partial charge on any atom is -0.468 e. The number of rotatable bonds is 7. The number of likely N-dealkylation sites (N-methyl/N-ethyl adjacent to an activating group) is 1. The fourth-order valence-electron chi connectivity index (χ4n) is 2.00. The first kappa shape index (κ1) is 13.6. The molecule has 0 amide bonds. The van der Waals surface area contributed by atoms with Gasteiger partial charge in [0.1, 0.15) is 11.6 Å². The highest BCUT2D eigenvalue weighted by Gasteiger charge is 2.08. The number of para-hydroxylation sites is 1. The van der Waals surface area contributed by atoms with E-state index in [0.717, 1.165) is 25.4 Å². The van der Waals surface area contributed by atoms with Gasteiger partial charge in [-0.2, -0.15) is 0 Å². The number of nitrogens with one attached hydrogen (secondary N) is 1. The van der Waals surface area contributed by atoms with Gasteiger partial charge >= 0.3 is 0 Å². The number of halogens is 1. The number of nitrogens with zero attached hydrogens (tertiary/aromatic N) is 1. The monoisotopic (exact) mass is 262 g/mol. The number of hydrogen-bond acceptors (Lipinski definition) is 3. The van der Waals surface area contributed by atoms with Crippen LogP contribution in [0, 0.1) is 5.82 Å². The largest absolute Gasteiger partial charge is 0.468 e. The van der Waals surface area contributed by atoms with E-state index in [2.05, 4.69) is 5.32 Å². The molecule has 0 spiro atoms. The Morgan fingerprint density at radius 2 is 2.05 bits per heavy atom. The maximum absolute atomic E-state index is 13.7. The molecule has 19 heavy (non-hydrogen) atoms. The number of benzene rings is 1. The molecule has 0 aliphatic heterocycles. The second-order valence-corrected chi connectivity index (χ2v) is 4.29. The Bertz CT molecular complexity index is 485. The molecular formula is C15H19FN2O. The topological polar surface area (TPSA) is 28.4 Å². The van der Waals surface area contributed by atoms with E-state index in [0.29, 0.717) is 12.2 Å². The predicted molar refractivity (Wildman–Crippen MR) is 74.7 cm³/mol. The zero-order valence-corrected chi connectivity index (χ0v) is 11.1. The summed E-state index contributed by atoms with van der Waals surface area (Å²) in [6.07, 6.45) is 1.66. The Morgan fingerprint density at radius 1 is 1.21 bits per heavy atom. The average molecular weight is 262 g/mol. The lowest BCUT2D eigenvalue weighted by molar-refractivity contribution is 0.483. The number of furan rings is 1. The van der Waals surface area contributed by atoms with E-state index in [-0.39, 0.29) is 5.82 Å². The van der Waals surface area contributed by atoms with Crippen LogP contribution < -0.4 is 10.2 Å². The lowest BCUT2D eigenvalue weighted by Crippen LogP contribution is -2.32. The summed E-state index contributed by atoms with van der Waals surface area (Å²) < 4.78 is 18.9. The van der Waals surface area contributed by atoms with Crippen molar-refractivity contribution in [1.29, 1.82) is 0 Å². The Balaban J connectivity index is 1.81. The molecule has 4 heteroatoms. The first-order valence-electron chi connectivity index (χ1n) is 6.54. The van der Waals surface area contributed by atoms with Gasteiger partial charge < -0.3 is 14.6 Å². The van der Waals surface area contributed by atoms with Crippen LogP contribution in [0.15, 0.2) is 47.1 Å². The summed E-state index contributed by atoms with van der Waals surface area (Å²) in [5.74, 6) is 0.740. The molecule has 1 aromatic carbocycles. The predicted octanol–water partition coefficient (Wildman–Crippen LogP) is 3.03. The van der Waals surface area contributed by atoms with Crippen LogP contribution in [0.3, 0.4) is 0 Å². The van der Waals surface area contributed by atoms with Gasteiger partial charge in [-0.3, -0.25) is 0 Å². The molecule has 0 bridgehead atoms.